The van der Waals surface area contributed by atoms with E-state index >= 15 is 0 Å². The number of hydrogen-bond acceptors (Lipinski definition) is 5. The number of nitriles is 1. The number of thiophene rings is 1. The maximum absolute atomic E-state index is 13.2. The Bertz CT molecular complexity index is 1010. The van der Waals surface area contributed by atoms with Crippen molar-refractivity contribution in [1.82, 2.24) is 4.98 Å². The average molecular weight is 395 g/mol. The fraction of sp³-hybridized carbons (Fsp3) is 0.190. The Morgan fingerprint density at radius 3 is 2.86 bits per heavy atom. The summed E-state index contributed by atoms with van der Waals surface area (Å²) in [5.41, 5.74) is 1.80. The molecule has 0 unspecified atom stereocenters. The number of amides is 1. The van der Waals surface area contributed by atoms with E-state index in [4.69, 9.17) is 10.00 Å². The van der Waals surface area contributed by atoms with Gasteiger partial charge in [0.1, 0.15) is 5.82 Å². The van der Waals surface area contributed by atoms with E-state index in [0.29, 0.717) is 35.9 Å². The van der Waals surface area contributed by atoms with Gasteiger partial charge in [0.05, 0.1) is 17.6 Å². The van der Waals surface area contributed by atoms with Crippen LogP contribution in [0.1, 0.15) is 28.1 Å². The monoisotopic (exact) mass is 395 g/mol. The van der Waals surface area contributed by atoms with Gasteiger partial charge in [-0.05, 0) is 54.8 Å². The van der Waals surface area contributed by atoms with Gasteiger partial charge in [-0.25, -0.2) is 9.37 Å². The first-order valence-electron chi connectivity index (χ1n) is 8.71. The molecular weight excluding hydrogens is 377 g/mol. The fourth-order valence-corrected chi connectivity index (χ4v) is 3.66. The zero-order chi connectivity index (χ0) is 19.9. The first-order chi connectivity index (χ1) is 13.6. The molecule has 0 saturated heterocycles. The molecule has 28 heavy (non-hydrogen) atoms. The van der Waals surface area contributed by atoms with Gasteiger partial charge in [0.2, 0.25) is 0 Å². The minimum Gasteiger partial charge on any atom is -0.490 e. The SMILES string of the molecule is Cc1cc(C(=O)Nc2ncccc2OCCCC#N)sc1-c1ccc(F)cc1. The largest absolute Gasteiger partial charge is 0.490 e. The first-order valence-corrected chi connectivity index (χ1v) is 9.52. The van der Waals surface area contributed by atoms with Crippen LogP contribution in [0.25, 0.3) is 10.4 Å². The second kappa shape index (κ2) is 9.11. The van der Waals surface area contributed by atoms with Gasteiger partial charge in [-0.3, -0.25) is 4.79 Å². The van der Waals surface area contributed by atoms with Gasteiger partial charge < -0.3 is 10.1 Å². The quantitative estimate of drug-likeness (QED) is 0.559. The molecule has 0 aliphatic carbocycles. The van der Waals surface area contributed by atoms with Crippen molar-refractivity contribution in [1.29, 1.82) is 5.26 Å². The summed E-state index contributed by atoms with van der Waals surface area (Å²) in [5, 5.41) is 11.4. The molecule has 1 N–H and O–H groups in total. The molecule has 5 nitrogen and oxygen atoms in total. The molecule has 2 heterocycles. The average Bonchev–Trinajstić information content (AvgIpc) is 3.09. The number of nitrogens with zero attached hydrogens (tertiary/aromatic N) is 2. The highest BCUT2D eigenvalue weighted by Crippen LogP contribution is 2.33. The van der Waals surface area contributed by atoms with E-state index in [1.54, 1.807) is 36.5 Å². The summed E-state index contributed by atoms with van der Waals surface area (Å²) in [4.78, 5) is 18.3. The Kier molecular flexibility index (Phi) is 6.35. The molecule has 3 rings (SSSR count). The number of hydrogen-bond donors (Lipinski definition) is 1. The molecule has 0 bridgehead atoms. The van der Waals surface area contributed by atoms with E-state index in [1.807, 2.05) is 6.92 Å². The second-order valence-electron chi connectivity index (χ2n) is 6.04. The maximum Gasteiger partial charge on any atom is 0.267 e. The summed E-state index contributed by atoms with van der Waals surface area (Å²) in [6.45, 7) is 2.28. The molecule has 0 aliphatic heterocycles. The van der Waals surface area contributed by atoms with Gasteiger partial charge in [0.25, 0.3) is 5.91 Å². The molecular formula is C21H18FN3O2S. The van der Waals surface area contributed by atoms with Crippen molar-refractivity contribution < 1.29 is 13.9 Å². The van der Waals surface area contributed by atoms with Gasteiger partial charge in [-0.2, -0.15) is 5.26 Å². The van der Waals surface area contributed by atoms with Crippen molar-refractivity contribution in [2.24, 2.45) is 0 Å². The third kappa shape index (κ3) is 4.72. The van der Waals surface area contributed by atoms with Crippen molar-refractivity contribution in [2.75, 3.05) is 11.9 Å². The number of rotatable bonds is 7. The second-order valence-corrected chi connectivity index (χ2v) is 7.10. The lowest BCUT2D eigenvalue weighted by atomic mass is 10.1. The van der Waals surface area contributed by atoms with Gasteiger partial charge in [-0.15, -0.1) is 11.3 Å². The lowest BCUT2D eigenvalue weighted by Gasteiger charge is -2.10. The molecule has 1 amide bonds. The Labute approximate surface area is 166 Å². The highest BCUT2D eigenvalue weighted by atomic mass is 32.1. The molecule has 142 valence electrons. The summed E-state index contributed by atoms with van der Waals surface area (Å²) in [7, 11) is 0. The van der Waals surface area contributed by atoms with Crippen molar-refractivity contribution in [3.8, 4) is 22.3 Å². The lowest BCUT2D eigenvalue weighted by molar-refractivity contribution is 0.102. The van der Waals surface area contributed by atoms with Crippen molar-refractivity contribution in [2.45, 2.75) is 19.8 Å². The highest BCUT2D eigenvalue weighted by Gasteiger charge is 2.16. The number of aryl methyl sites for hydroxylation is 1. The van der Waals surface area contributed by atoms with E-state index in [2.05, 4.69) is 16.4 Å². The van der Waals surface area contributed by atoms with Crippen LogP contribution in [0.5, 0.6) is 5.75 Å². The maximum atomic E-state index is 13.2. The lowest BCUT2D eigenvalue weighted by Crippen LogP contribution is -2.13. The van der Waals surface area contributed by atoms with Crippen LogP contribution in [0.4, 0.5) is 10.2 Å². The van der Waals surface area contributed by atoms with Crippen LogP contribution in [0.15, 0.2) is 48.7 Å². The van der Waals surface area contributed by atoms with Gasteiger partial charge >= 0.3 is 0 Å². The molecule has 1 aromatic carbocycles. The molecule has 0 saturated carbocycles. The molecule has 0 aliphatic rings. The van der Waals surface area contributed by atoms with Gasteiger partial charge in [0.15, 0.2) is 11.6 Å². The van der Waals surface area contributed by atoms with Crippen molar-refractivity contribution in [3.05, 3.63) is 64.9 Å². The van der Waals surface area contributed by atoms with Gasteiger partial charge in [-0.1, -0.05) is 12.1 Å². The molecule has 3 aromatic rings. The highest BCUT2D eigenvalue weighted by molar-refractivity contribution is 7.17. The zero-order valence-electron chi connectivity index (χ0n) is 15.2. The third-order valence-electron chi connectivity index (χ3n) is 3.94. The van der Waals surface area contributed by atoms with E-state index in [9.17, 15) is 9.18 Å². The molecule has 0 spiro atoms. The zero-order valence-corrected chi connectivity index (χ0v) is 16.1. The predicted molar refractivity (Wildman–Crippen MR) is 107 cm³/mol. The normalized spacial score (nSPS) is 10.3. The Hall–Kier alpha value is -3.24. The minimum absolute atomic E-state index is 0.290. The third-order valence-corrected chi connectivity index (χ3v) is 5.23. The van der Waals surface area contributed by atoms with Crippen LogP contribution in [0.3, 0.4) is 0 Å². The number of halogens is 1. The van der Waals surface area contributed by atoms with E-state index in [-0.39, 0.29) is 11.7 Å². The summed E-state index contributed by atoms with van der Waals surface area (Å²) in [6.07, 6.45) is 2.58. The number of anilines is 1. The standard InChI is InChI=1S/C21H18FN3O2S/c1-14-13-18(28-19(14)15-6-8-16(22)9-7-15)21(26)25-20-17(5-4-11-24-20)27-12-3-2-10-23/h4-9,11,13H,2-3,12H2,1H3,(H,24,25,26). The molecule has 7 heteroatoms. The molecule has 0 radical (unpaired) electrons. The summed E-state index contributed by atoms with van der Waals surface area (Å²) in [6, 6.07) is 13.5. The Morgan fingerprint density at radius 1 is 1.32 bits per heavy atom. The number of pyridine rings is 1. The van der Waals surface area contributed by atoms with Crippen LogP contribution in [-0.4, -0.2) is 17.5 Å². The molecule has 0 fully saturated rings. The number of carbonyl (C=O) groups excluding carboxylic acids is 1. The summed E-state index contributed by atoms with van der Waals surface area (Å²) in [5.74, 6) is 0.204. The number of aromatic nitrogens is 1. The van der Waals surface area contributed by atoms with Crippen LogP contribution < -0.4 is 10.1 Å². The summed E-state index contributed by atoms with van der Waals surface area (Å²) < 4.78 is 18.8. The Morgan fingerprint density at radius 2 is 2.11 bits per heavy atom. The number of nitrogens with one attached hydrogen (secondary N) is 1. The van der Waals surface area contributed by atoms with Crippen LogP contribution in [0.2, 0.25) is 0 Å². The fourth-order valence-electron chi connectivity index (χ4n) is 2.59. The molecule has 0 atom stereocenters. The number of carbonyl (C=O) groups is 1. The van der Waals surface area contributed by atoms with Crippen molar-refractivity contribution >= 4 is 23.1 Å². The number of benzene rings is 1. The smallest absolute Gasteiger partial charge is 0.267 e. The number of ether oxygens (including phenoxy) is 1. The van der Waals surface area contributed by atoms with Gasteiger partial charge in [0, 0.05) is 17.5 Å². The minimum atomic E-state index is -0.298. The van der Waals surface area contributed by atoms with Crippen molar-refractivity contribution in [3.63, 3.8) is 0 Å². The van der Waals surface area contributed by atoms with Crippen LogP contribution in [0, 0.1) is 24.1 Å². The molecule has 2 aromatic heterocycles. The van der Waals surface area contributed by atoms with Crippen LogP contribution >= 0.6 is 11.3 Å². The van der Waals surface area contributed by atoms with Crippen LogP contribution in [-0.2, 0) is 0 Å². The topological polar surface area (TPSA) is 75.0 Å². The predicted octanol–water partition coefficient (Wildman–Crippen LogP) is 5.19. The van der Waals surface area contributed by atoms with E-state index in [0.717, 1.165) is 16.0 Å². The first kappa shape index (κ1) is 19.5. The van der Waals surface area contributed by atoms with E-state index in [1.165, 1.54) is 23.5 Å². The Balaban J connectivity index is 1.75. The van der Waals surface area contributed by atoms with E-state index < -0.39 is 0 Å². The summed E-state index contributed by atoms with van der Waals surface area (Å²) >= 11 is 1.34. The number of unbranched alkanes of at least 4 members (excludes halogenated alkanes) is 1.